The molecule has 1 aliphatic rings. The van der Waals surface area contributed by atoms with Crippen LogP contribution in [0.1, 0.15) is 31.5 Å². The molecule has 128 valence electrons. The summed E-state index contributed by atoms with van der Waals surface area (Å²) < 4.78 is 7.33. The first-order chi connectivity index (χ1) is 11.6. The highest BCUT2D eigenvalue weighted by atomic mass is 16.5. The van der Waals surface area contributed by atoms with Gasteiger partial charge < -0.3 is 10.1 Å². The number of nitrogens with zero attached hydrogens (tertiary/aromatic N) is 3. The molecule has 1 aromatic carbocycles. The van der Waals surface area contributed by atoms with E-state index in [1.807, 2.05) is 55.1 Å². The summed E-state index contributed by atoms with van der Waals surface area (Å²) >= 11 is 0. The Balaban J connectivity index is 1.55. The number of likely N-dealkylation sites (tertiary alicyclic amines) is 1. The molecule has 0 saturated carbocycles. The highest BCUT2D eigenvalue weighted by Gasteiger charge is 2.35. The van der Waals surface area contributed by atoms with E-state index >= 15 is 0 Å². The van der Waals surface area contributed by atoms with Gasteiger partial charge in [-0.15, -0.1) is 0 Å². The zero-order valence-electron chi connectivity index (χ0n) is 14.3. The molecule has 1 amide bonds. The Kier molecular flexibility index (Phi) is 4.85. The smallest absolute Gasteiger partial charge is 0.237 e. The summed E-state index contributed by atoms with van der Waals surface area (Å²) in [7, 11) is 1.64. The lowest BCUT2D eigenvalue weighted by molar-refractivity contribution is -0.129. The van der Waals surface area contributed by atoms with E-state index in [0.717, 1.165) is 24.4 Å². The molecule has 1 N–H and O–H groups in total. The summed E-state index contributed by atoms with van der Waals surface area (Å²) in [5.41, 5.74) is 0.985. The van der Waals surface area contributed by atoms with E-state index in [4.69, 9.17) is 4.74 Å². The Morgan fingerprint density at radius 3 is 2.71 bits per heavy atom. The van der Waals surface area contributed by atoms with Crippen molar-refractivity contribution in [3.63, 3.8) is 0 Å². The molecule has 1 fully saturated rings. The molecule has 1 aliphatic heterocycles. The summed E-state index contributed by atoms with van der Waals surface area (Å²) in [4.78, 5) is 14.7. The molecular formula is C18H24N4O2. The molecule has 0 aliphatic carbocycles. The molecule has 1 aromatic heterocycles. The molecule has 3 rings (SSSR count). The maximum absolute atomic E-state index is 12.5. The van der Waals surface area contributed by atoms with Crippen molar-refractivity contribution in [1.29, 1.82) is 0 Å². The summed E-state index contributed by atoms with van der Waals surface area (Å²) in [6.45, 7) is 5.62. The fraction of sp³-hybridized carbons (Fsp3) is 0.444. The zero-order chi connectivity index (χ0) is 17.1. The van der Waals surface area contributed by atoms with Gasteiger partial charge >= 0.3 is 0 Å². The number of carbonyl (C=O) groups is 1. The van der Waals surface area contributed by atoms with Crippen molar-refractivity contribution in [1.82, 2.24) is 20.0 Å². The van der Waals surface area contributed by atoms with Crippen LogP contribution in [0.5, 0.6) is 5.75 Å². The van der Waals surface area contributed by atoms with Crippen molar-refractivity contribution >= 4 is 5.91 Å². The molecule has 0 radical (unpaired) electrons. The van der Waals surface area contributed by atoms with E-state index < -0.39 is 0 Å². The quantitative estimate of drug-likeness (QED) is 0.881. The van der Waals surface area contributed by atoms with Gasteiger partial charge in [-0.05, 0) is 26.0 Å². The van der Waals surface area contributed by atoms with Gasteiger partial charge in [-0.1, -0.05) is 18.2 Å². The third kappa shape index (κ3) is 3.28. The zero-order valence-corrected chi connectivity index (χ0v) is 14.3. The third-order valence-electron chi connectivity index (χ3n) is 4.68. The molecule has 1 saturated heterocycles. The molecular weight excluding hydrogens is 304 g/mol. The van der Waals surface area contributed by atoms with Gasteiger partial charge in [0.2, 0.25) is 5.91 Å². The van der Waals surface area contributed by atoms with Gasteiger partial charge in [-0.25, -0.2) is 0 Å². The van der Waals surface area contributed by atoms with Gasteiger partial charge in [-0.2, -0.15) is 5.10 Å². The van der Waals surface area contributed by atoms with Gasteiger partial charge in [-0.3, -0.25) is 14.4 Å². The second-order valence-corrected chi connectivity index (χ2v) is 6.24. The lowest BCUT2D eigenvalue weighted by atomic mass is 10.0. The van der Waals surface area contributed by atoms with Crippen LogP contribution in [-0.4, -0.2) is 46.8 Å². The Bertz CT molecular complexity index is 680. The number of nitrogens with one attached hydrogen (secondary N) is 1. The van der Waals surface area contributed by atoms with E-state index in [-0.39, 0.29) is 18.0 Å². The monoisotopic (exact) mass is 328 g/mol. The minimum absolute atomic E-state index is 0.0346. The van der Waals surface area contributed by atoms with Crippen molar-refractivity contribution in [3.05, 3.63) is 48.3 Å². The molecule has 0 spiro atoms. The van der Waals surface area contributed by atoms with Crippen LogP contribution < -0.4 is 10.1 Å². The van der Waals surface area contributed by atoms with Gasteiger partial charge in [0.25, 0.3) is 0 Å². The van der Waals surface area contributed by atoms with E-state index in [1.165, 1.54) is 0 Å². The first-order valence-corrected chi connectivity index (χ1v) is 8.26. The Morgan fingerprint density at radius 2 is 2.04 bits per heavy atom. The molecule has 2 heterocycles. The molecule has 6 heteroatoms. The van der Waals surface area contributed by atoms with E-state index in [1.54, 1.807) is 13.3 Å². The molecule has 0 unspecified atom stereocenters. The van der Waals surface area contributed by atoms with E-state index in [0.29, 0.717) is 6.04 Å². The average molecular weight is 328 g/mol. The largest absolute Gasteiger partial charge is 0.496 e. The molecule has 24 heavy (non-hydrogen) atoms. The highest BCUT2D eigenvalue weighted by molar-refractivity contribution is 5.82. The minimum atomic E-state index is -0.158. The Labute approximate surface area is 142 Å². The van der Waals surface area contributed by atoms with E-state index in [2.05, 4.69) is 15.3 Å². The highest BCUT2D eigenvalue weighted by Crippen LogP contribution is 2.26. The lowest BCUT2D eigenvalue weighted by Gasteiger charge is -2.42. The number of para-hydroxylation sites is 1. The van der Waals surface area contributed by atoms with Crippen LogP contribution in [0.25, 0.3) is 0 Å². The van der Waals surface area contributed by atoms with Crippen LogP contribution in [0, 0.1) is 0 Å². The van der Waals surface area contributed by atoms with Crippen molar-refractivity contribution in [2.75, 3.05) is 20.2 Å². The van der Waals surface area contributed by atoms with E-state index in [9.17, 15) is 4.79 Å². The van der Waals surface area contributed by atoms with Gasteiger partial charge in [0.1, 0.15) is 5.75 Å². The predicted molar refractivity (Wildman–Crippen MR) is 91.9 cm³/mol. The first kappa shape index (κ1) is 16.5. The second-order valence-electron chi connectivity index (χ2n) is 6.24. The molecule has 2 aromatic rings. The number of amides is 1. The second kappa shape index (κ2) is 7.05. The summed E-state index contributed by atoms with van der Waals surface area (Å²) in [6.07, 6.45) is 3.75. The SMILES string of the molecule is COc1ccccc1[C@@H](C)NC(=O)[C@H](C)N1CC(n2cccn2)C1. The topological polar surface area (TPSA) is 59.4 Å². The predicted octanol–water partition coefficient (Wildman–Crippen LogP) is 2.01. The maximum atomic E-state index is 12.5. The fourth-order valence-corrected chi connectivity index (χ4v) is 3.07. The number of rotatable bonds is 6. The minimum Gasteiger partial charge on any atom is -0.496 e. The molecule has 2 atom stereocenters. The lowest BCUT2D eigenvalue weighted by Crippen LogP contribution is -2.56. The molecule has 6 nitrogen and oxygen atoms in total. The van der Waals surface area contributed by atoms with Crippen molar-refractivity contribution < 1.29 is 9.53 Å². The molecule has 0 bridgehead atoms. The number of hydrogen-bond donors (Lipinski definition) is 1. The van der Waals surface area contributed by atoms with Crippen molar-refractivity contribution in [3.8, 4) is 5.75 Å². The van der Waals surface area contributed by atoms with Crippen molar-refractivity contribution in [2.24, 2.45) is 0 Å². The Hall–Kier alpha value is -2.34. The number of benzene rings is 1. The first-order valence-electron chi connectivity index (χ1n) is 8.26. The third-order valence-corrected chi connectivity index (χ3v) is 4.68. The Morgan fingerprint density at radius 1 is 1.29 bits per heavy atom. The van der Waals surface area contributed by atoms with Crippen LogP contribution in [0.4, 0.5) is 0 Å². The van der Waals surface area contributed by atoms with Crippen LogP contribution in [0.2, 0.25) is 0 Å². The van der Waals surface area contributed by atoms with Crippen LogP contribution in [0.15, 0.2) is 42.7 Å². The van der Waals surface area contributed by atoms with Gasteiger partial charge in [0.15, 0.2) is 0 Å². The summed E-state index contributed by atoms with van der Waals surface area (Å²) in [5, 5.41) is 7.35. The average Bonchev–Trinajstić information content (AvgIpc) is 3.07. The summed E-state index contributed by atoms with van der Waals surface area (Å²) in [6, 6.07) is 9.80. The number of aromatic nitrogens is 2. The van der Waals surface area contributed by atoms with Gasteiger partial charge in [0.05, 0.1) is 25.2 Å². The standard InChI is InChI=1S/C18H24N4O2/c1-13(16-7-4-5-8-17(16)24-3)20-18(23)14(2)21-11-15(12-21)22-10-6-9-19-22/h4-10,13-15H,11-12H2,1-3H3,(H,20,23)/t13-,14+/m1/s1. The fourth-order valence-electron chi connectivity index (χ4n) is 3.07. The van der Waals surface area contributed by atoms with Crippen LogP contribution in [-0.2, 0) is 4.79 Å². The number of carbonyl (C=O) groups excluding carboxylic acids is 1. The van der Waals surface area contributed by atoms with Crippen molar-refractivity contribution in [2.45, 2.75) is 32.0 Å². The maximum Gasteiger partial charge on any atom is 0.237 e. The summed E-state index contributed by atoms with van der Waals surface area (Å²) in [5.74, 6) is 0.827. The van der Waals surface area contributed by atoms with Crippen LogP contribution in [0.3, 0.4) is 0 Å². The number of ether oxygens (including phenoxy) is 1. The normalized spacial score (nSPS) is 17.8. The number of hydrogen-bond acceptors (Lipinski definition) is 4. The number of methoxy groups -OCH3 is 1. The van der Waals surface area contributed by atoms with Gasteiger partial charge in [0, 0.05) is 31.0 Å². The van der Waals surface area contributed by atoms with Crippen LogP contribution >= 0.6 is 0 Å².